The summed E-state index contributed by atoms with van der Waals surface area (Å²) >= 11 is 0. The van der Waals surface area contributed by atoms with Crippen molar-refractivity contribution < 1.29 is 14.3 Å². The van der Waals surface area contributed by atoms with Crippen LogP contribution in [0.25, 0.3) is 0 Å². The molecule has 2 aromatic rings. The molecule has 0 aromatic heterocycles. The number of carbonyl (C=O) groups excluding carboxylic acids is 2. The van der Waals surface area contributed by atoms with Gasteiger partial charge in [0.2, 0.25) is 0 Å². The van der Waals surface area contributed by atoms with Gasteiger partial charge < -0.3 is 20.3 Å². The fourth-order valence-electron chi connectivity index (χ4n) is 3.40. The highest BCUT2D eigenvalue weighted by molar-refractivity contribution is 5.95. The molecule has 1 heterocycles. The fraction of sp³-hybridized carbons (Fsp3) is 0.391. The Balaban J connectivity index is 1.53. The Morgan fingerprint density at radius 2 is 1.79 bits per heavy atom. The van der Waals surface area contributed by atoms with Crippen molar-refractivity contribution in [2.24, 2.45) is 5.92 Å². The van der Waals surface area contributed by atoms with E-state index in [1.54, 1.807) is 31.4 Å². The first-order chi connectivity index (χ1) is 14.0. The highest BCUT2D eigenvalue weighted by Gasteiger charge is 2.27. The normalized spacial score (nSPS) is 16.0. The number of methoxy groups -OCH3 is 1. The molecule has 3 rings (SSSR count). The van der Waals surface area contributed by atoms with E-state index in [4.69, 9.17) is 4.74 Å². The second-order valence-corrected chi connectivity index (χ2v) is 7.82. The first-order valence-electron chi connectivity index (χ1n) is 10.0. The molecule has 3 amide bonds. The van der Waals surface area contributed by atoms with Crippen molar-refractivity contribution in [3.63, 3.8) is 0 Å². The summed E-state index contributed by atoms with van der Waals surface area (Å²) in [6.45, 7) is 6.15. The van der Waals surface area contributed by atoms with Crippen LogP contribution in [-0.2, 0) is 0 Å². The average Bonchev–Trinajstić information content (AvgIpc) is 3.23. The summed E-state index contributed by atoms with van der Waals surface area (Å²) in [6.07, 6.45) is 0.939. The van der Waals surface area contributed by atoms with Gasteiger partial charge in [0, 0.05) is 36.8 Å². The van der Waals surface area contributed by atoms with Gasteiger partial charge in [-0.3, -0.25) is 4.79 Å². The molecule has 29 heavy (non-hydrogen) atoms. The summed E-state index contributed by atoms with van der Waals surface area (Å²) in [5.74, 6) is 1.47. The number of hydrogen-bond acceptors (Lipinski definition) is 3. The maximum Gasteiger partial charge on any atom is 0.321 e. The largest absolute Gasteiger partial charge is 0.497 e. The molecule has 0 bridgehead atoms. The van der Waals surface area contributed by atoms with Crippen LogP contribution in [0.2, 0.25) is 0 Å². The molecule has 1 aliphatic heterocycles. The van der Waals surface area contributed by atoms with Crippen LogP contribution < -0.4 is 15.4 Å². The minimum absolute atomic E-state index is 0.0987. The van der Waals surface area contributed by atoms with E-state index in [0.29, 0.717) is 36.2 Å². The van der Waals surface area contributed by atoms with E-state index in [1.165, 1.54) is 5.56 Å². The standard InChI is InChI=1S/C23H29N3O3/c1-16(2)14-24-22(27)18-4-8-20(9-5-18)25-23(28)26-13-12-19(15-26)17-6-10-21(29-3)11-7-17/h4-11,16,19H,12-15H2,1-3H3,(H,24,27)(H,25,28). The molecule has 0 spiro atoms. The highest BCUT2D eigenvalue weighted by Crippen LogP contribution is 2.28. The van der Waals surface area contributed by atoms with Gasteiger partial charge in [-0.25, -0.2) is 4.79 Å². The van der Waals surface area contributed by atoms with Crippen LogP contribution in [0, 0.1) is 5.92 Å². The smallest absolute Gasteiger partial charge is 0.321 e. The molecule has 1 atom stereocenters. The Bertz CT molecular complexity index is 831. The molecule has 0 saturated carbocycles. The first-order valence-corrected chi connectivity index (χ1v) is 10.0. The van der Waals surface area contributed by atoms with E-state index in [1.807, 2.05) is 17.0 Å². The Morgan fingerprint density at radius 1 is 1.10 bits per heavy atom. The SMILES string of the molecule is COc1ccc(C2CCN(C(=O)Nc3ccc(C(=O)NCC(C)C)cc3)C2)cc1. The highest BCUT2D eigenvalue weighted by atomic mass is 16.5. The van der Waals surface area contributed by atoms with Crippen molar-refractivity contribution in [1.29, 1.82) is 0 Å². The molecule has 1 aliphatic rings. The minimum atomic E-state index is -0.113. The van der Waals surface area contributed by atoms with Crippen LogP contribution in [0.1, 0.15) is 42.1 Å². The third kappa shape index (κ3) is 5.50. The van der Waals surface area contributed by atoms with E-state index in [2.05, 4.69) is 36.6 Å². The van der Waals surface area contributed by atoms with Crippen LogP contribution in [0.4, 0.5) is 10.5 Å². The predicted molar refractivity (Wildman–Crippen MR) is 115 cm³/mol. The minimum Gasteiger partial charge on any atom is -0.497 e. The Labute approximate surface area is 172 Å². The lowest BCUT2D eigenvalue weighted by atomic mass is 9.98. The molecule has 2 aromatic carbocycles. The van der Waals surface area contributed by atoms with E-state index < -0.39 is 0 Å². The maximum absolute atomic E-state index is 12.6. The molecule has 0 radical (unpaired) electrons. The second-order valence-electron chi connectivity index (χ2n) is 7.82. The third-order valence-corrected chi connectivity index (χ3v) is 5.13. The van der Waals surface area contributed by atoms with Gasteiger partial charge in [0.25, 0.3) is 5.91 Å². The monoisotopic (exact) mass is 395 g/mol. The summed E-state index contributed by atoms with van der Waals surface area (Å²) in [4.78, 5) is 26.5. The average molecular weight is 396 g/mol. The molecule has 6 heteroatoms. The molecule has 1 saturated heterocycles. The molecule has 2 N–H and O–H groups in total. The fourth-order valence-corrected chi connectivity index (χ4v) is 3.40. The van der Waals surface area contributed by atoms with Gasteiger partial charge in [-0.1, -0.05) is 26.0 Å². The quantitative estimate of drug-likeness (QED) is 0.773. The number of ether oxygens (including phenoxy) is 1. The van der Waals surface area contributed by atoms with Crippen LogP contribution in [0.3, 0.4) is 0 Å². The summed E-state index contributed by atoms with van der Waals surface area (Å²) in [6, 6.07) is 14.9. The van der Waals surface area contributed by atoms with E-state index in [-0.39, 0.29) is 11.9 Å². The van der Waals surface area contributed by atoms with Crippen molar-refractivity contribution in [2.45, 2.75) is 26.2 Å². The number of nitrogens with zero attached hydrogens (tertiary/aromatic N) is 1. The van der Waals surface area contributed by atoms with Crippen LogP contribution in [0.15, 0.2) is 48.5 Å². The van der Waals surface area contributed by atoms with Crippen LogP contribution in [-0.4, -0.2) is 43.6 Å². The second kappa shape index (κ2) is 9.45. The topological polar surface area (TPSA) is 70.7 Å². The maximum atomic E-state index is 12.6. The van der Waals surface area contributed by atoms with Crippen LogP contribution >= 0.6 is 0 Å². The molecule has 1 unspecified atom stereocenters. The molecule has 154 valence electrons. The Kier molecular flexibility index (Phi) is 6.75. The third-order valence-electron chi connectivity index (χ3n) is 5.13. The number of urea groups is 1. The van der Waals surface area contributed by atoms with Crippen LogP contribution in [0.5, 0.6) is 5.75 Å². The van der Waals surface area contributed by atoms with Gasteiger partial charge in [-0.05, 0) is 54.3 Å². The molecular formula is C23H29N3O3. The number of anilines is 1. The summed E-state index contributed by atoms with van der Waals surface area (Å²) in [5, 5.41) is 5.81. The van der Waals surface area contributed by atoms with Crippen molar-refractivity contribution in [3.05, 3.63) is 59.7 Å². The number of benzene rings is 2. The predicted octanol–water partition coefficient (Wildman–Crippen LogP) is 4.10. The molecule has 1 fully saturated rings. The van der Waals surface area contributed by atoms with Gasteiger partial charge in [-0.2, -0.15) is 0 Å². The summed E-state index contributed by atoms with van der Waals surface area (Å²) in [7, 11) is 1.65. The van der Waals surface area contributed by atoms with Gasteiger partial charge in [0.15, 0.2) is 0 Å². The zero-order valence-corrected chi connectivity index (χ0v) is 17.3. The van der Waals surface area contributed by atoms with E-state index >= 15 is 0 Å². The molecule has 6 nitrogen and oxygen atoms in total. The first kappa shape index (κ1) is 20.7. The van der Waals surface area contributed by atoms with Gasteiger partial charge in [0.1, 0.15) is 5.75 Å². The van der Waals surface area contributed by atoms with Gasteiger partial charge >= 0.3 is 6.03 Å². The number of rotatable bonds is 6. The molecule has 0 aliphatic carbocycles. The van der Waals surface area contributed by atoms with E-state index in [9.17, 15) is 9.59 Å². The van der Waals surface area contributed by atoms with Crippen molar-refractivity contribution in [2.75, 3.05) is 32.1 Å². The Hall–Kier alpha value is -3.02. The van der Waals surface area contributed by atoms with E-state index in [0.717, 1.165) is 18.7 Å². The summed E-state index contributed by atoms with van der Waals surface area (Å²) < 4.78 is 5.21. The zero-order valence-electron chi connectivity index (χ0n) is 17.3. The molecular weight excluding hydrogens is 366 g/mol. The summed E-state index contributed by atoms with van der Waals surface area (Å²) in [5.41, 5.74) is 2.49. The number of hydrogen-bond donors (Lipinski definition) is 2. The lowest BCUT2D eigenvalue weighted by molar-refractivity contribution is 0.0949. The van der Waals surface area contributed by atoms with Gasteiger partial charge in [-0.15, -0.1) is 0 Å². The zero-order chi connectivity index (χ0) is 20.8. The lowest BCUT2D eigenvalue weighted by Crippen LogP contribution is -2.32. The number of likely N-dealkylation sites (tertiary alicyclic amines) is 1. The van der Waals surface area contributed by atoms with Gasteiger partial charge in [0.05, 0.1) is 7.11 Å². The number of nitrogens with one attached hydrogen (secondary N) is 2. The Morgan fingerprint density at radius 3 is 2.41 bits per heavy atom. The number of amides is 3. The van der Waals surface area contributed by atoms with Crippen molar-refractivity contribution in [1.82, 2.24) is 10.2 Å². The van der Waals surface area contributed by atoms with Crippen molar-refractivity contribution in [3.8, 4) is 5.75 Å². The number of carbonyl (C=O) groups is 2. The lowest BCUT2D eigenvalue weighted by Gasteiger charge is -2.18. The van der Waals surface area contributed by atoms with Crippen molar-refractivity contribution >= 4 is 17.6 Å².